The van der Waals surface area contributed by atoms with Crippen molar-refractivity contribution in [2.75, 3.05) is 26.2 Å². The van der Waals surface area contributed by atoms with Crippen LogP contribution in [0.3, 0.4) is 0 Å². The molecule has 1 saturated heterocycles. The molecule has 3 aromatic carbocycles. The molecule has 0 bridgehead atoms. The number of nitrogens with zero attached hydrogens (tertiary/aromatic N) is 2. The molecule has 2 heterocycles. The Morgan fingerprint density at radius 2 is 1.76 bits per heavy atom. The molecular formula is C34H39N5O3. The van der Waals surface area contributed by atoms with Gasteiger partial charge in [-0.1, -0.05) is 66.7 Å². The maximum Gasteiger partial charge on any atom is 0.252 e. The van der Waals surface area contributed by atoms with Gasteiger partial charge < -0.3 is 15.6 Å². The number of aromatic nitrogens is 1. The van der Waals surface area contributed by atoms with Crippen LogP contribution < -0.4 is 10.6 Å². The molecule has 0 saturated carbocycles. The molecule has 8 heteroatoms. The topological polar surface area (TPSA) is 97.5 Å². The van der Waals surface area contributed by atoms with Gasteiger partial charge in [-0.3, -0.25) is 24.2 Å². The molecule has 218 valence electrons. The number of nitrogens with one attached hydrogen (secondary N) is 3. The number of amides is 3. The Kier molecular flexibility index (Phi) is 9.15. The molecule has 42 heavy (non-hydrogen) atoms. The summed E-state index contributed by atoms with van der Waals surface area (Å²) in [6, 6.07) is 23.1. The first kappa shape index (κ1) is 29.2. The van der Waals surface area contributed by atoms with Crippen molar-refractivity contribution < 1.29 is 14.4 Å². The van der Waals surface area contributed by atoms with E-state index < -0.39 is 11.9 Å². The van der Waals surface area contributed by atoms with Crippen LogP contribution in [0.4, 0.5) is 0 Å². The van der Waals surface area contributed by atoms with E-state index in [1.54, 1.807) is 0 Å². The smallest absolute Gasteiger partial charge is 0.252 e. The maximum absolute atomic E-state index is 14.1. The molecule has 3 amide bonds. The summed E-state index contributed by atoms with van der Waals surface area (Å²) in [6.07, 6.45) is 2.13. The van der Waals surface area contributed by atoms with E-state index in [9.17, 15) is 14.4 Å². The Morgan fingerprint density at radius 3 is 2.52 bits per heavy atom. The van der Waals surface area contributed by atoms with E-state index in [4.69, 9.17) is 0 Å². The summed E-state index contributed by atoms with van der Waals surface area (Å²) < 4.78 is 0. The highest BCUT2D eigenvalue weighted by Crippen LogP contribution is 2.23. The van der Waals surface area contributed by atoms with Crippen molar-refractivity contribution in [1.82, 2.24) is 25.4 Å². The van der Waals surface area contributed by atoms with Crippen LogP contribution in [0.5, 0.6) is 0 Å². The molecule has 1 fully saturated rings. The van der Waals surface area contributed by atoms with Crippen molar-refractivity contribution >= 4 is 28.6 Å². The Morgan fingerprint density at radius 1 is 1.00 bits per heavy atom. The lowest BCUT2D eigenvalue weighted by atomic mass is 10.0. The van der Waals surface area contributed by atoms with Crippen molar-refractivity contribution in [2.45, 2.75) is 45.8 Å². The van der Waals surface area contributed by atoms with Crippen LogP contribution in [0.1, 0.15) is 40.8 Å². The van der Waals surface area contributed by atoms with E-state index in [-0.39, 0.29) is 37.4 Å². The highest BCUT2D eigenvalue weighted by molar-refractivity contribution is 5.99. The van der Waals surface area contributed by atoms with Gasteiger partial charge in [-0.2, -0.15) is 0 Å². The Labute approximate surface area is 247 Å². The van der Waals surface area contributed by atoms with Crippen LogP contribution in [0.2, 0.25) is 0 Å². The van der Waals surface area contributed by atoms with Gasteiger partial charge in [0.1, 0.15) is 6.04 Å². The minimum atomic E-state index is -0.912. The Hall–Kier alpha value is -4.27. The van der Waals surface area contributed by atoms with Crippen molar-refractivity contribution in [3.63, 3.8) is 0 Å². The molecule has 2 unspecified atom stereocenters. The van der Waals surface area contributed by atoms with Gasteiger partial charge in [-0.05, 0) is 47.7 Å². The van der Waals surface area contributed by atoms with Crippen LogP contribution in [0.25, 0.3) is 10.9 Å². The molecule has 5 rings (SSSR count). The molecule has 0 radical (unpaired) electrons. The number of hydrogen-bond acceptors (Lipinski definition) is 5. The first-order valence-electron chi connectivity index (χ1n) is 14.5. The van der Waals surface area contributed by atoms with Gasteiger partial charge in [-0.25, -0.2) is 0 Å². The minimum Gasteiger partial charge on any atom is -0.361 e. The van der Waals surface area contributed by atoms with E-state index in [0.717, 1.165) is 51.8 Å². The number of H-pyrrole nitrogens is 1. The van der Waals surface area contributed by atoms with Gasteiger partial charge in [0.15, 0.2) is 0 Å². The zero-order valence-electron chi connectivity index (χ0n) is 24.5. The second-order valence-electron chi connectivity index (χ2n) is 11.1. The highest BCUT2D eigenvalue weighted by Gasteiger charge is 2.31. The first-order chi connectivity index (χ1) is 20.3. The first-order valence-corrected chi connectivity index (χ1v) is 14.5. The number of para-hydroxylation sites is 1. The van der Waals surface area contributed by atoms with E-state index >= 15 is 0 Å². The fourth-order valence-corrected chi connectivity index (χ4v) is 5.70. The Balaban J connectivity index is 1.39. The van der Waals surface area contributed by atoms with Crippen LogP contribution in [-0.4, -0.2) is 64.7 Å². The number of rotatable bonds is 9. The van der Waals surface area contributed by atoms with Gasteiger partial charge in [0.2, 0.25) is 11.8 Å². The normalized spacial score (nSPS) is 16.2. The molecule has 8 nitrogen and oxygen atoms in total. The van der Waals surface area contributed by atoms with Crippen molar-refractivity contribution in [3.05, 3.63) is 107 Å². The van der Waals surface area contributed by atoms with Gasteiger partial charge in [-0.15, -0.1) is 0 Å². The van der Waals surface area contributed by atoms with E-state index in [0.29, 0.717) is 6.54 Å². The summed E-state index contributed by atoms with van der Waals surface area (Å²) in [5.74, 6) is -1.02. The second-order valence-corrected chi connectivity index (χ2v) is 11.1. The average Bonchev–Trinajstić information content (AvgIpc) is 3.40. The standard InChI is InChI=1S/C34H39N5O3/c1-23-13-14-26(17-24(23)2)21-39(25(3)40)34(42)31(18-28-19-36-30-12-8-7-11-29(28)30)37-33(41)22-38-16-15-35-20-32(38)27-9-5-4-6-10-27/h4-14,17,19,31-32,35-36H,15-16,18,20-22H2,1-3H3,(H,37,41). The number of imide groups is 1. The van der Waals surface area contributed by atoms with Crippen LogP contribution in [0.15, 0.2) is 79.0 Å². The predicted octanol–water partition coefficient (Wildman–Crippen LogP) is 4.03. The fraction of sp³-hybridized carbons (Fsp3) is 0.324. The van der Waals surface area contributed by atoms with E-state index in [2.05, 4.69) is 32.7 Å². The number of benzene rings is 3. The predicted molar refractivity (Wildman–Crippen MR) is 165 cm³/mol. The average molecular weight is 566 g/mol. The third-order valence-electron chi connectivity index (χ3n) is 8.18. The molecule has 4 aromatic rings. The molecule has 3 N–H and O–H groups in total. The number of aromatic amines is 1. The van der Waals surface area contributed by atoms with Crippen LogP contribution in [-0.2, 0) is 27.3 Å². The van der Waals surface area contributed by atoms with E-state index in [1.807, 2.05) is 80.7 Å². The largest absolute Gasteiger partial charge is 0.361 e. The molecular weight excluding hydrogens is 526 g/mol. The number of hydrogen-bond donors (Lipinski definition) is 3. The molecule has 0 aliphatic carbocycles. The third-order valence-corrected chi connectivity index (χ3v) is 8.18. The lowest BCUT2D eigenvalue weighted by Crippen LogP contribution is -2.54. The number of fused-ring (bicyclic) bond motifs is 1. The second kappa shape index (κ2) is 13.1. The summed E-state index contributed by atoms with van der Waals surface area (Å²) in [6.45, 7) is 7.96. The summed E-state index contributed by atoms with van der Waals surface area (Å²) >= 11 is 0. The number of aryl methyl sites for hydroxylation is 2. The zero-order valence-corrected chi connectivity index (χ0v) is 24.5. The molecule has 0 spiro atoms. The number of carbonyl (C=O) groups excluding carboxylic acids is 3. The summed E-state index contributed by atoms with van der Waals surface area (Å²) in [7, 11) is 0. The molecule has 1 aliphatic heterocycles. The summed E-state index contributed by atoms with van der Waals surface area (Å²) in [4.78, 5) is 47.2. The SMILES string of the molecule is CC(=O)N(Cc1ccc(C)c(C)c1)C(=O)C(Cc1c[nH]c2ccccc12)NC(=O)CN1CCNCC1c1ccccc1. The summed E-state index contributed by atoms with van der Waals surface area (Å²) in [5.41, 5.74) is 6.10. The summed E-state index contributed by atoms with van der Waals surface area (Å²) in [5, 5.41) is 7.43. The van der Waals surface area contributed by atoms with Gasteiger partial charge in [0.25, 0.3) is 5.91 Å². The van der Waals surface area contributed by atoms with Crippen LogP contribution >= 0.6 is 0 Å². The van der Waals surface area contributed by atoms with Gasteiger partial charge >= 0.3 is 0 Å². The van der Waals surface area contributed by atoms with Gasteiger partial charge in [0.05, 0.1) is 13.1 Å². The third kappa shape index (κ3) is 6.78. The minimum absolute atomic E-state index is 0.0481. The molecule has 2 atom stereocenters. The zero-order chi connectivity index (χ0) is 29.6. The molecule has 1 aromatic heterocycles. The van der Waals surface area contributed by atoms with E-state index in [1.165, 1.54) is 11.8 Å². The lowest BCUT2D eigenvalue weighted by molar-refractivity contribution is -0.147. The molecule has 1 aliphatic rings. The van der Waals surface area contributed by atoms with Gasteiger partial charge in [0, 0.05) is 56.1 Å². The van der Waals surface area contributed by atoms with Crippen molar-refractivity contribution in [3.8, 4) is 0 Å². The monoisotopic (exact) mass is 565 g/mol. The maximum atomic E-state index is 14.1. The number of carbonyl (C=O) groups is 3. The Bertz CT molecular complexity index is 1560. The van der Waals surface area contributed by atoms with Crippen molar-refractivity contribution in [2.24, 2.45) is 0 Å². The van der Waals surface area contributed by atoms with Crippen LogP contribution in [0, 0.1) is 13.8 Å². The fourth-order valence-electron chi connectivity index (χ4n) is 5.70. The van der Waals surface area contributed by atoms with Crippen molar-refractivity contribution in [1.29, 1.82) is 0 Å². The lowest BCUT2D eigenvalue weighted by Gasteiger charge is -2.36. The highest BCUT2D eigenvalue weighted by atomic mass is 16.2. The number of piperazine rings is 1. The quantitative estimate of drug-likeness (QED) is 0.285.